The predicted octanol–water partition coefficient (Wildman–Crippen LogP) is 4.98. The quantitative estimate of drug-likeness (QED) is 0.487. The molecule has 3 unspecified atom stereocenters. The normalized spacial score (nSPS) is 16.4. The minimum absolute atomic E-state index is 0.198. The summed E-state index contributed by atoms with van der Waals surface area (Å²) in [5.74, 6) is 1.43. The lowest BCUT2D eigenvalue weighted by molar-refractivity contribution is -0.0618. The number of nitrogens with one attached hydrogen (secondary N) is 1. The summed E-state index contributed by atoms with van der Waals surface area (Å²) >= 11 is 0. The number of benzene rings is 1. The molecule has 1 aromatic heterocycles. The SMILES string of the molecule is CC(C)CCCC(C)CCCC(C)(O)C(O)CNc1nc2ccccc2o1. The molecule has 0 spiro atoms. The van der Waals surface area contributed by atoms with E-state index >= 15 is 0 Å². The van der Waals surface area contributed by atoms with Crippen molar-refractivity contribution in [3.8, 4) is 0 Å². The Balaban J connectivity index is 1.71. The van der Waals surface area contributed by atoms with E-state index in [9.17, 15) is 10.2 Å². The second-order valence-electron chi connectivity index (χ2n) is 8.56. The zero-order valence-corrected chi connectivity index (χ0v) is 17.2. The van der Waals surface area contributed by atoms with Crippen LogP contribution in [-0.2, 0) is 0 Å². The highest BCUT2D eigenvalue weighted by atomic mass is 16.4. The molecule has 3 N–H and O–H groups in total. The molecule has 1 aromatic carbocycles. The van der Waals surface area contributed by atoms with E-state index < -0.39 is 11.7 Å². The number of hydrogen-bond donors (Lipinski definition) is 3. The lowest BCUT2D eigenvalue weighted by Crippen LogP contribution is -2.43. The summed E-state index contributed by atoms with van der Waals surface area (Å²) in [6, 6.07) is 7.88. The van der Waals surface area contributed by atoms with E-state index in [1.54, 1.807) is 6.92 Å². The van der Waals surface area contributed by atoms with E-state index in [-0.39, 0.29) is 6.54 Å². The van der Waals surface area contributed by atoms with Crippen LogP contribution in [0.25, 0.3) is 11.1 Å². The molecule has 0 amide bonds. The molecule has 0 radical (unpaired) electrons. The number of aromatic nitrogens is 1. The summed E-state index contributed by atoms with van der Waals surface area (Å²) in [6.07, 6.45) is 5.48. The van der Waals surface area contributed by atoms with Crippen molar-refractivity contribution in [3.63, 3.8) is 0 Å². The number of hydrogen-bond acceptors (Lipinski definition) is 5. The predicted molar refractivity (Wildman–Crippen MR) is 111 cm³/mol. The van der Waals surface area contributed by atoms with E-state index in [4.69, 9.17) is 4.42 Å². The van der Waals surface area contributed by atoms with Gasteiger partial charge in [0.1, 0.15) is 5.52 Å². The molecule has 0 fully saturated rings. The number of para-hydroxylation sites is 2. The van der Waals surface area contributed by atoms with E-state index in [1.165, 1.54) is 19.3 Å². The average Bonchev–Trinajstić information content (AvgIpc) is 3.02. The summed E-state index contributed by atoms with van der Waals surface area (Å²) < 4.78 is 5.58. The average molecular weight is 377 g/mol. The van der Waals surface area contributed by atoms with Crippen LogP contribution in [0.5, 0.6) is 0 Å². The third-order valence-corrected chi connectivity index (χ3v) is 5.32. The molecule has 5 heteroatoms. The van der Waals surface area contributed by atoms with Gasteiger partial charge in [0.25, 0.3) is 6.01 Å². The largest absolute Gasteiger partial charge is 0.424 e. The maximum absolute atomic E-state index is 10.6. The molecule has 0 saturated carbocycles. The van der Waals surface area contributed by atoms with Crippen LogP contribution in [0.15, 0.2) is 28.7 Å². The fourth-order valence-electron chi connectivity index (χ4n) is 3.35. The van der Waals surface area contributed by atoms with Crippen LogP contribution >= 0.6 is 0 Å². The molecule has 2 rings (SSSR count). The monoisotopic (exact) mass is 376 g/mol. The van der Waals surface area contributed by atoms with Gasteiger partial charge in [-0.3, -0.25) is 0 Å². The summed E-state index contributed by atoms with van der Waals surface area (Å²) in [5, 5.41) is 24.0. The molecule has 0 saturated heterocycles. The van der Waals surface area contributed by atoms with Gasteiger partial charge in [0.2, 0.25) is 0 Å². The minimum Gasteiger partial charge on any atom is -0.424 e. The van der Waals surface area contributed by atoms with Crippen molar-refractivity contribution < 1.29 is 14.6 Å². The van der Waals surface area contributed by atoms with Crippen molar-refractivity contribution in [1.82, 2.24) is 4.98 Å². The van der Waals surface area contributed by atoms with Crippen LogP contribution in [-0.4, -0.2) is 33.4 Å². The Hall–Kier alpha value is -1.59. The zero-order valence-electron chi connectivity index (χ0n) is 17.2. The fourth-order valence-corrected chi connectivity index (χ4v) is 3.35. The number of nitrogens with zero attached hydrogens (tertiary/aromatic N) is 1. The summed E-state index contributed by atoms with van der Waals surface area (Å²) in [6.45, 7) is 8.70. The van der Waals surface area contributed by atoms with Crippen molar-refractivity contribution in [1.29, 1.82) is 0 Å². The number of fused-ring (bicyclic) bond motifs is 1. The third kappa shape index (κ3) is 7.15. The Kier molecular flexibility index (Phi) is 8.11. The topological polar surface area (TPSA) is 78.5 Å². The molecule has 2 aromatic rings. The zero-order chi connectivity index (χ0) is 19.9. The van der Waals surface area contributed by atoms with Gasteiger partial charge >= 0.3 is 0 Å². The number of aliphatic hydroxyl groups is 2. The summed E-state index contributed by atoms with van der Waals surface area (Å²) in [5.41, 5.74) is 0.344. The molecule has 152 valence electrons. The van der Waals surface area contributed by atoms with E-state index in [1.807, 2.05) is 24.3 Å². The van der Waals surface area contributed by atoms with Gasteiger partial charge in [0, 0.05) is 6.54 Å². The minimum atomic E-state index is -1.13. The van der Waals surface area contributed by atoms with Crippen molar-refractivity contribution >= 4 is 17.1 Å². The number of aliphatic hydroxyl groups excluding tert-OH is 1. The molecule has 1 heterocycles. The van der Waals surface area contributed by atoms with Crippen molar-refractivity contribution in [2.75, 3.05) is 11.9 Å². The van der Waals surface area contributed by atoms with Crippen molar-refractivity contribution in [3.05, 3.63) is 24.3 Å². The second-order valence-corrected chi connectivity index (χ2v) is 8.56. The van der Waals surface area contributed by atoms with Gasteiger partial charge in [-0.25, -0.2) is 0 Å². The Bertz CT molecular complexity index is 648. The second kappa shape index (κ2) is 10.1. The summed E-state index contributed by atoms with van der Waals surface area (Å²) in [7, 11) is 0. The highest BCUT2D eigenvalue weighted by Crippen LogP contribution is 2.24. The highest BCUT2D eigenvalue weighted by Gasteiger charge is 2.30. The molecular weight excluding hydrogens is 340 g/mol. The standard InChI is InChI=1S/C22H36N2O3/c1-16(2)9-7-10-17(3)11-8-14-22(4,26)20(25)15-23-21-24-18-12-5-6-13-19(18)27-21/h5-6,12-13,16-17,20,25-26H,7-11,14-15H2,1-4H3,(H,23,24). The molecule has 0 aliphatic heterocycles. The molecular formula is C22H36N2O3. The lowest BCUT2D eigenvalue weighted by atomic mass is 9.89. The Labute approximate surface area is 163 Å². The van der Waals surface area contributed by atoms with Crippen LogP contribution in [0.3, 0.4) is 0 Å². The maximum Gasteiger partial charge on any atom is 0.295 e. The molecule has 27 heavy (non-hydrogen) atoms. The highest BCUT2D eigenvalue weighted by molar-refractivity contribution is 5.74. The summed E-state index contributed by atoms with van der Waals surface area (Å²) in [4.78, 5) is 4.32. The van der Waals surface area contributed by atoms with Crippen molar-refractivity contribution in [2.45, 2.75) is 77.9 Å². The van der Waals surface area contributed by atoms with Crippen LogP contribution in [0.1, 0.15) is 66.2 Å². The van der Waals surface area contributed by atoms with E-state index in [0.717, 1.165) is 24.3 Å². The van der Waals surface area contributed by atoms with Gasteiger partial charge in [0.05, 0.1) is 11.7 Å². The number of anilines is 1. The van der Waals surface area contributed by atoms with Crippen LogP contribution in [0.4, 0.5) is 6.01 Å². The Morgan fingerprint density at radius 3 is 2.52 bits per heavy atom. The lowest BCUT2D eigenvalue weighted by Gasteiger charge is -2.29. The van der Waals surface area contributed by atoms with Gasteiger partial charge in [-0.15, -0.1) is 0 Å². The van der Waals surface area contributed by atoms with Gasteiger partial charge in [-0.2, -0.15) is 4.98 Å². The molecule has 5 nitrogen and oxygen atoms in total. The first kappa shape index (κ1) is 21.7. The first-order valence-electron chi connectivity index (χ1n) is 10.3. The first-order chi connectivity index (χ1) is 12.8. The van der Waals surface area contributed by atoms with Crippen LogP contribution in [0.2, 0.25) is 0 Å². The molecule has 0 bridgehead atoms. The molecule has 3 atom stereocenters. The van der Waals surface area contributed by atoms with Crippen LogP contribution < -0.4 is 5.32 Å². The van der Waals surface area contributed by atoms with Crippen molar-refractivity contribution in [2.24, 2.45) is 11.8 Å². The first-order valence-corrected chi connectivity index (χ1v) is 10.3. The maximum atomic E-state index is 10.6. The Morgan fingerprint density at radius 1 is 1.11 bits per heavy atom. The molecule has 0 aliphatic carbocycles. The Morgan fingerprint density at radius 2 is 1.81 bits per heavy atom. The van der Waals surface area contributed by atoms with Gasteiger partial charge < -0.3 is 19.9 Å². The molecule has 0 aliphatic rings. The van der Waals surface area contributed by atoms with Crippen LogP contribution in [0, 0.1) is 11.8 Å². The van der Waals surface area contributed by atoms with E-state index in [0.29, 0.717) is 23.9 Å². The van der Waals surface area contributed by atoms with E-state index in [2.05, 4.69) is 31.1 Å². The van der Waals surface area contributed by atoms with Gasteiger partial charge in [-0.1, -0.05) is 65.0 Å². The smallest absolute Gasteiger partial charge is 0.295 e. The third-order valence-electron chi connectivity index (χ3n) is 5.32. The number of oxazole rings is 1. The fraction of sp³-hybridized carbons (Fsp3) is 0.682. The van der Waals surface area contributed by atoms with Gasteiger partial charge in [-0.05, 0) is 37.3 Å². The van der Waals surface area contributed by atoms with Gasteiger partial charge in [0.15, 0.2) is 5.58 Å². The number of rotatable bonds is 12.